The zero-order chi connectivity index (χ0) is 17.6. The van der Waals surface area contributed by atoms with Gasteiger partial charge < -0.3 is 9.72 Å². The van der Waals surface area contributed by atoms with Crippen LogP contribution < -0.4 is 0 Å². The molecule has 1 N–H and O–H groups in total. The first-order chi connectivity index (χ1) is 11.4. The number of alkyl halides is 3. The van der Waals surface area contributed by atoms with Gasteiger partial charge in [0, 0.05) is 23.9 Å². The molecule has 2 aromatic rings. The minimum absolute atomic E-state index is 0.202. The lowest BCUT2D eigenvalue weighted by Gasteiger charge is -2.08. The van der Waals surface area contributed by atoms with Gasteiger partial charge in [0.2, 0.25) is 0 Å². The van der Waals surface area contributed by atoms with Crippen LogP contribution in [0.15, 0.2) is 36.5 Å². The van der Waals surface area contributed by atoms with Gasteiger partial charge in [-0.3, -0.25) is 4.79 Å². The lowest BCUT2D eigenvalue weighted by molar-refractivity contribution is -0.143. The number of esters is 1. The maximum atomic E-state index is 12.6. The molecule has 2 rings (SSSR count). The normalized spacial score (nSPS) is 11.5. The molecule has 0 bridgehead atoms. The summed E-state index contributed by atoms with van der Waals surface area (Å²) >= 11 is 0. The highest BCUT2D eigenvalue weighted by Gasteiger charge is 2.30. The lowest BCUT2D eigenvalue weighted by atomic mass is 10.0. The highest BCUT2D eigenvalue weighted by molar-refractivity contribution is 5.69. The first-order valence-corrected chi connectivity index (χ1v) is 7.91. The van der Waals surface area contributed by atoms with E-state index in [1.165, 1.54) is 12.1 Å². The van der Waals surface area contributed by atoms with Crippen molar-refractivity contribution in [1.29, 1.82) is 0 Å². The van der Waals surface area contributed by atoms with E-state index >= 15 is 0 Å². The van der Waals surface area contributed by atoms with Gasteiger partial charge in [0.15, 0.2) is 0 Å². The molecule has 0 spiro atoms. The van der Waals surface area contributed by atoms with E-state index in [1.54, 1.807) is 13.1 Å². The zero-order valence-electron chi connectivity index (χ0n) is 13.5. The van der Waals surface area contributed by atoms with Gasteiger partial charge in [-0.25, -0.2) is 0 Å². The largest absolute Gasteiger partial charge is 0.466 e. The lowest BCUT2D eigenvalue weighted by Crippen LogP contribution is -2.04. The molecule has 0 radical (unpaired) electrons. The second-order valence-corrected chi connectivity index (χ2v) is 5.46. The molecule has 6 heteroatoms. The van der Waals surface area contributed by atoms with Crippen LogP contribution in [0.4, 0.5) is 13.2 Å². The number of aromatic nitrogens is 1. The Morgan fingerprint density at radius 2 is 1.83 bits per heavy atom. The van der Waals surface area contributed by atoms with Crippen LogP contribution in [0.5, 0.6) is 0 Å². The maximum absolute atomic E-state index is 12.6. The number of nitrogens with one attached hydrogen (secondary N) is 1. The van der Waals surface area contributed by atoms with Gasteiger partial charge in [0.1, 0.15) is 0 Å². The number of aromatic amines is 1. The topological polar surface area (TPSA) is 42.1 Å². The average molecular weight is 339 g/mol. The van der Waals surface area contributed by atoms with E-state index in [2.05, 4.69) is 4.98 Å². The van der Waals surface area contributed by atoms with Crippen molar-refractivity contribution in [2.75, 3.05) is 6.61 Å². The Morgan fingerprint density at radius 3 is 2.46 bits per heavy atom. The van der Waals surface area contributed by atoms with Crippen LogP contribution in [0, 0.1) is 0 Å². The number of hydrogen-bond donors (Lipinski definition) is 1. The summed E-state index contributed by atoms with van der Waals surface area (Å²) in [6.07, 6.45) is 0.0600. The quantitative estimate of drug-likeness (QED) is 0.571. The van der Waals surface area contributed by atoms with Crippen molar-refractivity contribution >= 4 is 5.97 Å². The van der Waals surface area contributed by atoms with Gasteiger partial charge >= 0.3 is 12.1 Å². The number of rotatable bonds is 7. The van der Waals surface area contributed by atoms with E-state index in [1.807, 2.05) is 6.07 Å². The van der Waals surface area contributed by atoms with E-state index in [-0.39, 0.29) is 5.97 Å². The van der Waals surface area contributed by atoms with E-state index in [0.717, 1.165) is 41.8 Å². The molecule has 1 aromatic heterocycles. The summed E-state index contributed by atoms with van der Waals surface area (Å²) in [6, 6.07) is 6.99. The number of unbranched alkanes of at least 4 members (excludes halogenated alkanes) is 1. The SMILES string of the molecule is CCOC(=O)CCCCc1[nH]ccc1-c1ccc(C(F)(F)F)cc1. The van der Waals surface area contributed by atoms with E-state index < -0.39 is 11.7 Å². The van der Waals surface area contributed by atoms with Crippen molar-refractivity contribution in [3.05, 3.63) is 47.8 Å². The number of carbonyl (C=O) groups excluding carboxylic acids is 1. The van der Waals surface area contributed by atoms with E-state index in [0.29, 0.717) is 19.4 Å². The Kier molecular flexibility index (Phi) is 6.06. The van der Waals surface area contributed by atoms with Crippen LogP contribution >= 0.6 is 0 Å². The summed E-state index contributed by atoms with van der Waals surface area (Å²) in [7, 11) is 0. The molecule has 3 nitrogen and oxygen atoms in total. The molecule has 0 atom stereocenters. The van der Waals surface area contributed by atoms with Crippen LogP contribution in [0.2, 0.25) is 0 Å². The standard InChI is InChI=1S/C18H20F3NO2/c1-2-24-17(23)6-4-3-5-16-15(11-12-22-16)13-7-9-14(10-8-13)18(19,20)21/h7-12,22H,2-6H2,1H3. The number of ether oxygens (including phenoxy) is 1. The second kappa shape index (κ2) is 8.04. The number of halogens is 3. The van der Waals surface area contributed by atoms with E-state index in [9.17, 15) is 18.0 Å². The second-order valence-electron chi connectivity index (χ2n) is 5.46. The third-order valence-electron chi connectivity index (χ3n) is 3.72. The van der Waals surface area contributed by atoms with E-state index in [4.69, 9.17) is 4.74 Å². The Morgan fingerprint density at radius 1 is 1.12 bits per heavy atom. The molecule has 0 fully saturated rings. The fraction of sp³-hybridized carbons (Fsp3) is 0.389. The summed E-state index contributed by atoms with van der Waals surface area (Å²) in [5.41, 5.74) is 1.93. The molecule has 0 aliphatic carbocycles. The first kappa shape index (κ1) is 18.1. The van der Waals surface area contributed by atoms with Crippen molar-refractivity contribution in [2.24, 2.45) is 0 Å². The van der Waals surface area contributed by atoms with Gasteiger partial charge in [-0.05, 0) is 49.9 Å². The number of benzene rings is 1. The number of hydrogen-bond acceptors (Lipinski definition) is 2. The summed E-state index contributed by atoms with van der Waals surface area (Å²) in [5.74, 6) is -0.202. The van der Waals surface area contributed by atoms with Crippen LogP contribution in [0.25, 0.3) is 11.1 Å². The predicted octanol–water partition coefficient (Wildman–Crippen LogP) is 4.98. The molecule has 130 valence electrons. The third kappa shape index (κ3) is 4.88. The maximum Gasteiger partial charge on any atom is 0.416 e. The van der Waals surface area contributed by atoms with Crippen LogP contribution in [0.3, 0.4) is 0 Å². The van der Waals surface area contributed by atoms with Gasteiger partial charge in [-0.1, -0.05) is 12.1 Å². The highest BCUT2D eigenvalue weighted by atomic mass is 19.4. The molecule has 0 aliphatic rings. The third-order valence-corrected chi connectivity index (χ3v) is 3.72. The molecular formula is C18H20F3NO2. The molecule has 1 aromatic carbocycles. The van der Waals surface area contributed by atoms with Crippen LogP contribution in [-0.4, -0.2) is 17.6 Å². The first-order valence-electron chi connectivity index (χ1n) is 7.91. The van der Waals surface area contributed by atoms with Crippen molar-refractivity contribution in [2.45, 2.75) is 38.8 Å². The molecule has 0 amide bonds. The van der Waals surface area contributed by atoms with Gasteiger partial charge in [0.05, 0.1) is 12.2 Å². The zero-order valence-corrected chi connectivity index (χ0v) is 13.5. The fourth-order valence-electron chi connectivity index (χ4n) is 2.52. The highest BCUT2D eigenvalue weighted by Crippen LogP contribution is 2.32. The number of H-pyrrole nitrogens is 1. The Balaban J connectivity index is 1.96. The van der Waals surface area contributed by atoms with Gasteiger partial charge in [0.25, 0.3) is 0 Å². The van der Waals surface area contributed by atoms with Crippen molar-refractivity contribution in [3.63, 3.8) is 0 Å². The monoisotopic (exact) mass is 339 g/mol. The molecule has 0 unspecified atom stereocenters. The summed E-state index contributed by atoms with van der Waals surface area (Å²) in [5, 5.41) is 0. The van der Waals surface area contributed by atoms with Gasteiger partial charge in [-0.15, -0.1) is 0 Å². The van der Waals surface area contributed by atoms with Crippen molar-refractivity contribution in [3.8, 4) is 11.1 Å². The average Bonchev–Trinajstić information content (AvgIpc) is 2.99. The smallest absolute Gasteiger partial charge is 0.416 e. The molecular weight excluding hydrogens is 319 g/mol. The summed E-state index contributed by atoms with van der Waals surface area (Å²) in [4.78, 5) is 14.4. The van der Waals surface area contributed by atoms with Gasteiger partial charge in [-0.2, -0.15) is 13.2 Å². The summed E-state index contributed by atoms with van der Waals surface area (Å²) < 4.78 is 42.7. The molecule has 0 saturated carbocycles. The Bertz CT molecular complexity index is 660. The Hall–Kier alpha value is -2.24. The fourth-order valence-corrected chi connectivity index (χ4v) is 2.52. The molecule has 0 aliphatic heterocycles. The number of carbonyl (C=O) groups is 1. The van der Waals surface area contributed by atoms with Crippen molar-refractivity contribution < 1.29 is 22.7 Å². The summed E-state index contributed by atoms with van der Waals surface area (Å²) in [6.45, 7) is 2.15. The minimum Gasteiger partial charge on any atom is -0.466 e. The van der Waals surface area contributed by atoms with Crippen molar-refractivity contribution in [1.82, 2.24) is 4.98 Å². The molecule has 1 heterocycles. The molecule has 0 saturated heterocycles. The Labute approximate surface area is 138 Å². The minimum atomic E-state index is -4.33. The predicted molar refractivity (Wildman–Crippen MR) is 85.4 cm³/mol. The number of aryl methyl sites for hydroxylation is 1. The van der Waals surface area contributed by atoms with Crippen LogP contribution in [0.1, 0.15) is 37.4 Å². The van der Waals surface area contributed by atoms with Crippen LogP contribution in [-0.2, 0) is 22.1 Å². The molecule has 24 heavy (non-hydrogen) atoms.